The van der Waals surface area contributed by atoms with Gasteiger partial charge >= 0.3 is 0 Å². The largest absolute Gasteiger partial charge is 0.344 e. The molecule has 76 valence electrons. The fourth-order valence-corrected chi connectivity index (χ4v) is 1.32. The molecule has 0 atom stereocenters. The summed E-state index contributed by atoms with van der Waals surface area (Å²) in [6, 6.07) is 3.72. The van der Waals surface area contributed by atoms with Gasteiger partial charge in [-0.15, -0.1) is 0 Å². The summed E-state index contributed by atoms with van der Waals surface area (Å²) in [5.41, 5.74) is -0.0564. The van der Waals surface area contributed by atoms with Crippen LogP contribution in [-0.2, 0) is 0 Å². The number of nitrogens with zero attached hydrogens (tertiary/aromatic N) is 2. The highest BCUT2D eigenvalue weighted by Gasteiger charge is 2.19. The maximum Gasteiger partial charge on any atom is 0.281 e. The highest BCUT2D eigenvalue weighted by Crippen LogP contribution is 2.30. The molecule has 0 bridgehead atoms. The molecule has 0 saturated carbocycles. The van der Waals surface area contributed by atoms with Crippen molar-refractivity contribution in [1.82, 2.24) is 9.97 Å². The predicted octanol–water partition coefficient (Wildman–Crippen LogP) is 2.12. The monoisotopic (exact) mass is 207 g/mol. The zero-order chi connectivity index (χ0) is 10.8. The van der Waals surface area contributed by atoms with Crippen molar-refractivity contribution in [1.29, 1.82) is 0 Å². The van der Waals surface area contributed by atoms with E-state index in [1.165, 1.54) is 30.7 Å². The summed E-state index contributed by atoms with van der Waals surface area (Å²) in [5, 5.41) is 10.7. The number of nitro benzene ring substituents is 1. The predicted molar refractivity (Wildman–Crippen MR) is 50.6 cm³/mol. The second-order valence-electron chi connectivity index (χ2n) is 2.86. The van der Waals surface area contributed by atoms with Gasteiger partial charge in [-0.3, -0.25) is 10.1 Å². The zero-order valence-electron chi connectivity index (χ0n) is 7.48. The molecule has 0 unspecified atom stereocenters. The molecule has 1 aromatic heterocycles. The molecular formula is C9H6FN3O2. The van der Waals surface area contributed by atoms with Crippen molar-refractivity contribution < 1.29 is 9.31 Å². The van der Waals surface area contributed by atoms with Crippen molar-refractivity contribution in [3.8, 4) is 11.3 Å². The molecule has 0 aliphatic heterocycles. The fourth-order valence-electron chi connectivity index (χ4n) is 1.32. The molecular weight excluding hydrogens is 201 g/mol. The first-order valence-electron chi connectivity index (χ1n) is 4.12. The third-order valence-corrected chi connectivity index (χ3v) is 1.96. The number of rotatable bonds is 2. The van der Waals surface area contributed by atoms with Gasteiger partial charge in [0.25, 0.3) is 5.69 Å². The van der Waals surface area contributed by atoms with Crippen molar-refractivity contribution in [3.05, 3.63) is 46.7 Å². The maximum absolute atomic E-state index is 13.4. The van der Waals surface area contributed by atoms with Gasteiger partial charge in [0, 0.05) is 6.07 Å². The van der Waals surface area contributed by atoms with Gasteiger partial charge in [-0.25, -0.2) is 9.37 Å². The van der Waals surface area contributed by atoms with E-state index >= 15 is 0 Å². The van der Waals surface area contributed by atoms with Crippen molar-refractivity contribution in [2.45, 2.75) is 0 Å². The van der Waals surface area contributed by atoms with E-state index in [9.17, 15) is 14.5 Å². The third kappa shape index (κ3) is 1.56. The lowest BCUT2D eigenvalue weighted by Crippen LogP contribution is -1.94. The topological polar surface area (TPSA) is 71.8 Å². The second kappa shape index (κ2) is 3.49. The van der Waals surface area contributed by atoms with E-state index in [1.807, 2.05) is 0 Å². The lowest BCUT2D eigenvalue weighted by molar-refractivity contribution is -0.384. The number of hydrogen-bond acceptors (Lipinski definition) is 3. The zero-order valence-corrected chi connectivity index (χ0v) is 7.48. The Morgan fingerprint density at radius 2 is 2.27 bits per heavy atom. The molecule has 6 heteroatoms. The molecule has 1 aromatic carbocycles. The van der Waals surface area contributed by atoms with Crippen molar-refractivity contribution in [2.75, 3.05) is 0 Å². The fraction of sp³-hybridized carbons (Fsp3) is 0. The van der Waals surface area contributed by atoms with Crippen LogP contribution in [0.5, 0.6) is 0 Å². The first kappa shape index (κ1) is 9.32. The molecule has 0 saturated heterocycles. The Balaban J connectivity index is 2.68. The second-order valence-corrected chi connectivity index (χ2v) is 2.86. The average Bonchev–Trinajstić information content (AvgIpc) is 2.70. The highest BCUT2D eigenvalue weighted by atomic mass is 19.1. The molecule has 0 radical (unpaired) electrons. The first-order chi connectivity index (χ1) is 7.20. The summed E-state index contributed by atoms with van der Waals surface area (Å²) in [6.07, 6.45) is 2.68. The third-order valence-electron chi connectivity index (χ3n) is 1.96. The van der Waals surface area contributed by atoms with Crippen LogP contribution in [-0.4, -0.2) is 14.9 Å². The van der Waals surface area contributed by atoms with Crippen LogP contribution < -0.4 is 0 Å². The van der Waals surface area contributed by atoms with Gasteiger partial charge in [0.2, 0.25) is 0 Å². The van der Waals surface area contributed by atoms with E-state index < -0.39 is 10.7 Å². The van der Waals surface area contributed by atoms with E-state index in [2.05, 4.69) is 9.97 Å². The van der Waals surface area contributed by atoms with Crippen LogP contribution in [0, 0.1) is 15.9 Å². The minimum Gasteiger partial charge on any atom is -0.344 e. The Labute approximate surface area is 83.7 Å². The summed E-state index contributed by atoms with van der Waals surface area (Å²) in [4.78, 5) is 16.4. The molecule has 0 amide bonds. The quantitative estimate of drug-likeness (QED) is 0.605. The average molecular weight is 207 g/mol. The van der Waals surface area contributed by atoms with Crippen LogP contribution in [0.1, 0.15) is 0 Å². The van der Waals surface area contributed by atoms with Crippen molar-refractivity contribution in [3.63, 3.8) is 0 Å². The molecule has 0 aliphatic carbocycles. The smallest absolute Gasteiger partial charge is 0.281 e. The minimum absolute atomic E-state index is 0.0694. The van der Waals surface area contributed by atoms with Crippen LogP contribution in [0.25, 0.3) is 11.3 Å². The molecule has 2 aromatic rings. The number of hydrogen-bond donors (Lipinski definition) is 1. The minimum atomic E-state index is -0.645. The van der Waals surface area contributed by atoms with E-state index in [0.29, 0.717) is 5.69 Å². The van der Waals surface area contributed by atoms with E-state index in [1.54, 1.807) is 0 Å². The molecule has 0 fully saturated rings. The van der Waals surface area contributed by atoms with E-state index in [0.717, 1.165) is 0 Å². The molecule has 1 N–H and O–H groups in total. The summed E-state index contributed by atoms with van der Waals surface area (Å²) < 4.78 is 13.4. The summed E-state index contributed by atoms with van der Waals surface area (Å²) in [6.45, 7) is 0. The van der Waals surface area contributed by atoms with Crippen LogP contribution in [0.2, 0.25) is 0 Å². The Morgan fingerprint density at radius 1 is 1.47 bits per heavy atom. The van der Waals surface area contributed by atoms with E-state index in [-0.39, 0.29) is 11.3 Å². The highest BCUT2D eigenvalue weighted by molar-refractivity contribution is 5.70. The molecule has 0 spiro atoms. The summed E-state index contributed by atoms with van der Waals surface area (Å²) >= 11 is 0. The van der Waals surface area contributed by atoms with Crippen LogP contribution in [0.3, 0.4) is 0 Å². The van der Waals surface area contributed by atoms with Gasteiger partial charge in [0.05, 0.1) is 23.1 Å². The lowest BCUT2D eigenvalue weighted by atomic mass is 10.1. The van der Waals surface area contributed by atoms with Crippen LogP contribution >= 0.6 is 0 Å². The van der Waals surface area contributed by atoms with Crippen LogP contribution in [0.15, 0.2) is 30.7 Å². The van der Waals surface area contributed by atoms with Crippen molar-refractivity contribution in [2.24, 2.45) is 0 Å². The number of aromatic nitrogens is 2. The number of halogens is 1. The normalized spacial score (nSPS) is 10.2. The maximum atomic E-state index is 13.4. The molecule has 5 nitrogen and oxygen atoms in total. The lowest BCUT2D eigenvalue weighted by Gasteiger charge is -2.00. The number of aromatic amines is 1. The Bertz CT molecular complexity index is 496. The molecule has 2 rings (SSSR count). The Hall–Kier alpha value is -2.24. The van der Waals surface area contributed by atoms with Crippen molar-refractivity contribution >= 4 is 5.69 Å². The molecule has 1 heterocycles. The van der Waals surface area contributed by atoms with Gasteiger partial charge < -0.3 is 4.98 Å². The Kier molecular flexibility index (Phi) is 2.17. The Morgan fingerprint density at radius 3 is 2.87 bits per heavy atom. The van der Waals surface area contributed by atoms with Gasteiger partial charge in [-0.1, -0.05) is 6.07 Å². The number of imidazole rings is 1. The number of H-pyrrole nitrogens is 1. The number of nitro groups is 1. The summed E-state index contributed by atoms with van der Waals surface area (Å²) in [5.74, 6) is -0.645. The number of nitrogens with one attached hydrogen (secondary N) is 1. The molecule has 15 heavy (non-hydrogen) atoms. The molecule has 0 aliphatic rings. The van der Waals surface area contributed by atoms with Crippen LogP contribution in [0.4, 0.5) is 10.1 Å². The van der Waals surface area contributed by atoms with Gasteiger partial charge in [0.15, 0.2) is 0 Å². The van der Waals surface area contributed by atoms with Gasteiger partial charge in [-0.2, -0.15) is 0 Å². The number of benzene rings is 1. The summed E-state index contributed by atoms with van der Waals surface area (Å²) in [7, 11) is 0. The van der Waals surface area contributed by atoms with E-state index in [4.69, 9.17) is 0 Å². The van der Waals surface area contributed by atoms with Gasteiger partial charge in [0.1, 0.15) is 11.4 Å². The SMILES string of the molecule is O=[N+]([O-])c1cccc(F)c1-c1cnc[nH]1. The van der Waals surface area contributed by atoms with Gasteiger partial charge in [-0.05, 0) is 6.07 Å². The first-order valence-corrected chi connectivity index (χ1v) is 4.12. The standard InChI is InChI=1S/C9H6FN3O2/c10-6-2-1-3-8(13(14)15)9(6)7-4-11-5-12-7/h1-5H,(H,11,12).